The molecule has 8 heteroatoms. The molecule has 7 nitrogen and oxygen atoms in total. The van der Waals surface area contributed by atoms with Crippen molar-refractivity contribution in [2.75, 3.05) is 37.6 Å². The third kappa shape index (κ3) is 5.66. The van der Waals surface area contributed by atoms with Crippen LogP contribution in [0.1, 0.15) is 38.7 Å². The minimum atomic E-state index is -0.253. The Balaban J connectivity index is 1.26. The largest absolute Gasteiger partial charge is 0.494 e. The highest BCUT2D eigenvalue weighted by Crippen LogP contribution is 2.31. The molecule has 1 aliphatic carbocycles. The lowest BCUT2D eigenvalue weighted by Crippen LogP contribution is -2.47. The first-order valence-electron chi connectivity index (χ1n) is 11.7. The summed E-state index contributed by atoms with van der Waals surface area (Å²) in [5.41, 5.74) is 1.56. The SMILES string of the molecule is CC(C)Oc1ccc(F)cc1N1CCN(CCCn2c(O)cc(CNC3CC3)c2O)CC1. The molecule has 1 saturated heterocycles. The van der Waals surface area contributed by atoms with E-state index in [4.69, 9.17) is 4.74 Å². The minimum absolute atomic E-state index is 0.0343. The first-order chi connectivity index (χ1) is 15.4. The summed E-state index contributed by atoms with van der Waals surface area (Å²) in [6.07, 6.45) is 3.23. The van der Waals surface area contributed by atoms with Crippen LogP contribution in [-0.2, 0) is 13.1 Å². The van der Waals surface area contributed by atoms with Crippen LogP contribution < -0.4 is 15.0 Å². The van der Waals surface area contributed by atoms with Crippen LogP contribution in [0.5, 0.6) is 17.5 Å². The van der Waals surface area contributed by atoms with Gasteiger partial charge in [-0.2, -0.15) is 0 Å². The molecule has 1 aromatic heterocycles. The van der Waals surface area contributed by atoms with Crippen LogP contribution in [0.2, 0.25) is 0 Å². The van der Waals surface area contributed by atoms with E-state index in [1.807, 2.05) is 13.8 Å². The molecule has 2 fully saturated rings. The van der Waals surface area contributed by atoms with E-state index in [0.717, 1.165) is 56.1 Å². The predicted molar refractivity (Wildman–Crippen MR) is 123 cm³/mol. The van der Waals surface area contributed by atoms with Gasteiger partial charge in [-0.05, 0) is 51.8 Å². The van der Waals surface area contributed by atoms with Crippen LogP contribution in [0.3, 0.4) is 0 Å². The second-order valence-corrected chi connectivity index (χ2v) is 9.12. The number of nitrogens with zero attached hydrogens (tertiary/aromatic N) is 3. The number of aromatic nitrogens is 1. The maximum Gasteiger partial charge on any atom is 0.198 e. The Hall–Kier alpha value is -2.45. The van der Waals surface area contributed by atoms with Gasteiger partial charge in [0.05, 0.1) is 11.8 Å². The van der Waals surface area contributed by atoms with Gasteiger partial charge in [-0.1, -0.05) is 0 Å². The second-order valence-electron chi connectivity index (χ2n) is 9.12. The van der Waals surface area contributed by atoms with E-state index in [9.17, 15) is 14.6 Å². The van der Waals surface area contributed by atoms with Crippen molar-refractivity contribution < 1.29 is 19.3 Å². The topological polar surface area (TPSA) is 73.1 Å². The standard InChI is InChI=1S/C24H35FN4O3/c1-17(2)32-22-7-4-19(25)15-21(22)28-12-10-27(11-13-28)8-3-9-29-23(30)14-18(24(29)31)16-26-20-5-6-20/h4,7,14-15,17,20,26,30-31H,3,5-6,8-13,16H2,1-2H3. The van der Waals surface area contributed by atoms with E-state index < -0.39 is 0 Å². The molecular formula is C24H35FN4O3. The molecule has 4 rings (SSSR count). The van der Waals surface area contributed by atoms with Gasteiger partial charge in [0, 0.05) is 63.0 Å². The minimum Gasteiger partial charge on any atom is -0.494 e. The Labute approximate surface area is 189 Å². The molecular weight excluding hydrogens is 411 g/mol. The number of anilines is 1. The number of ether oxygens (including phenoxy) is 1. The number of hydrogen-bond acceptors (Lipinski definition) is 6. The van der Waals surface area contributed by atoms with Crippen LogP contribution in [0.4, 0.5) is 10.1 Å². The first kappa shape index (κ1) is 22.7. The number of aromatic hydroxyl groups is 2. The average Bonchev–Trinajstić information content (AvgIpc) is 3.55. The summed E-state index contributed by atoms with van der Waals surface area (Å²) in [5.74, 6) is 0.741. The zero-order valence-corrected chi connectivity index (χ0v) is 19.1. The molecule has 0 atom stereocenters. The lowest BCUT2D eigenvalue weighted by Gasteiger charge is -2.37. The molecule has 0 spiro atoms. The van der Waals surface area contributed by atoms with E-state index >= 15 is 0 Å². The van der Waals surface area contributed by atoms with Crippen molar-refractivity contribution in [2.45, 2.75) is 58.3 Å². The summed E-state index contributed by atoms with van der Waals surface area (Å²) in [4.78, 5) is 4.55. The normalized spacial score (nSPS) is 17.3. The first-order valence-corrected chi connectivity index (χ1v) is 11.7. The van der Waals surface area contributed by atoms with Crippen LogP contribution in [0.25, 0.3) is 0 Å². The maximum atomic E-state index is 13.9. The molecule has 0 amide bonds. The van der Waals surface area contributed by atoms with Crippen molar-refractivity contribution in [3.05, 3.63) is 35.6 Å². The highest BCUT2D eigenvalue weighted by molar-refractivity contribution is 5.59. The lowest BCUT2D eigenvalue weighted by molar-refractivity contribution is 0.234. The van der Waals surface area contributed by atoms with Crippen molar-refractivity contribution in [3.63, 3.8) is 0 Å². The van der Waals surface area contributed by atoms with Gasteiger partial charge in [-0.3, -0.25) is 9.47 Å². The van der Waals surface area contributed by atoms with Gasteiger partial charge in [0.25, 0.3) is 0 Å². The van der Waals surface area contributed by atoms with E-state index in [2.05, 4.69) is 15.1 Å². The molecule has 1 aromatic carbocycles. The fraction of sp³-hybridized carbons (Fsp3) is 0.583. The van der Waals surface area contributed by atoms with Crippen molar-refractivity contribution in [2.24, 2.45) is 0 Å². The second kappa shape index (κ2) is 10.0. The van der Waals surface area contributed by atoms with Gasteiger partial charge < -0.3 is 25.2 Å². The summed E-state index contributed by atoms with van der Waals surface area (Å²) in [5, 5.41) is 24.0. The molecule has 0 radical (unpaired) electrons. The van der Waals surface area contributed by atoms with E-state index in [-0.39, 0.29) is 23.7 Å². The van der Waals surface area contributed by atoms with Crippen molar-refractivity contribution in [1.29, 1.82) is 0 Å². The molecule has 2 heterocycles. The highest BCUT2D eigenvalue weighted by Gasteiger charge is 2.23. The molecule has 1 saturated carbocycles. The van der Waals surface area contributed by atoms with E-state index in [1.54, 1.807) is 22.8 Å². The Morgan fingerprint density at radius 3 is 2.53 bits per heavy atom. The van der Waals surface area contributed by atoms with Crippen LogP contribution >= 0.6 is 0 Å². The van der Waals surface area contributed by atoms with Gasteiger partial charge in [-0.15, -0.1) is 0 Å². The summed E-state index contributed by atoms with van der Waals surface area (Å²) in [6, 6.07) is 6.91. The van der Waals surface area contributed by atoms with Crippen LogP contribution in [0.15, 0.2) is 24.3 Å². The van der Waals surface area contributed by atoms with Crippen LogP contribution in [0, 0.1) is 5.82 Å². The monoisotopic (exact) mass is 446 g/mol. The van der Waals surface area contributed by atoms with Gasteiger partial charge >= 0.3 is 0 Å². The van der Waals surface area contributed by atoms with E-state index in [0.29, 0.717) is 19.1 Å². The molecule has 3 N–H and O–H groups in total. The predicted octanol–water partition coefficient (Wildman–Crippen LogP) is 3.29. The van der Waals surface area contributed by atoms with E-state index in [1.165, 1.54) is 18.9 Å². The molecule has 176 valence electrons. The average molecular weight is 447 g/mol. The fourth-order valence-corrected chi connectivity index (χ4v) is 4.23. The highest BCUT2D eigenvalue weighted by atomic mass is 19.1. The number of hydrogen-bond donors (Lipinski definition) is 3. The molecule has 32 heavy (non-hydrogen) atoms. The summed E-state index contributed by atoms with van der Waals surface area (Å²) in [6.45, 7) is 9.31. The molecule has 1 aliphatic heterocycles. The molecule has 2 aromatic rings. The number of piperazine rings is 1. The van der Waals surface area contributed by atoms with Crippen molar-refractivity contribution in [1.82, 2.24) is 14.8 Å². The zero-order valence-electron chi connectivity index (χ0n) is 19.1. The molecule has 0 unspecified atom stereocenters. The lowest BCUT2D eigenvalue weighted by atomic mass is 10.2. The Morgan fingerprint density at radius 2 is 1.84 bits per heavy atom. The Kier molecular flexibility index (Phi) is 7.10. The summed E-state index contributed by atoms with van der Waals surface area (Å²) >= 11 is 0. The smallest absolute Gasteiger partial charge is 0.198 e. The van der Waals surface area contributed by atoms with Crippen molar-refractivity contribution in [3.8, 4) is 17.5 Å². The van der Waals surface area contributed by atoms with Gasteiger partial charge in [-0.25, -0.2) is 4.39 Å². The number of nitrogens with one attached hydrogen (secondary N) is 1. The fourth-order valence-electron chi connectivity index (χ4n) is 4.23. The maximum absolute atomic E-state index is 13.9. The number of halogens is 1. The van der Waals surface area contributed by atoms with Crippen LogP contribution in [-0.4, -0.2) is 64.5 Å². The summed E-state index contributed by atoms with van der Waals surface area (Å²) < 4.78 is 21.3. The zero-order chi connectivity index (χ0) is 22.7. The quantitative estimate of drug-likeness (QED) is 0.520. The number of rotatable bonds is 10. The Morgan fingerprint density at radius 1 is 1.09 bits per heavy atom. The third-order valence-electron chi connectivity index (χ3n) is 6.13. The van der Waals surface area contributed by atoms with Gasteiger partial charge in [0.1, 0.15) is 11.6 Å². The molecule has 0 bridgehead atoms. The summed E-state index contributed by atoms with van der Waals surface area (Å²) in [7, 11) is 0. The Bertz CT molecular complexity index is 905. The van der Waals surface area contributed by atoms with Gasteiger partial charge in [0.2, 0.25) is 0 Å². The van der Waals surface area contributed by atoms with Crippen molar-refractivity contribution >= 4 is 5.69 Å². The third-order valence-corrected chi connectivity index (χ3v) is 6.13. The number of benzene rings is 1. The molecule has 2 aliphatic rings. The van der Waals surface area contributed by atoms with Gasteiger partial charge in [0.15, 0.2) is 11.8 Å².